The van der Waals surface area contributed by atoms with Gasteiger partial charge in [-0.3, -0.25) is 0 Å². The maximum Gasteiger partial charge on any atom is 0.0786 e. The van der Waals surface area contributed by atoms with Gasteiger partial charge in [0, 0.05) is 0 Å². The number of quaternary nitrogens is 1. The molecule has 1 saturated heterocycles. The van der Waals surface area contributed by atoms with Crippen LogP contribution in [0.4, 0.5) is 0 Å². The molecular formula is C11H24BrN. The van der Waals surface area contributed by atoms with E-state index in [4.69, 9.17) is 0 Å². The van der Waals surface area contributed by atoms with E-state index in [1.165, 1.54) is 62.8 Å². The molecule has 2 heteroatoms. The lowest BCUT2D eigenvalue weighted by Gasteiger charge is -2.41. The van der Waals surface area contributed by atoms with Gasteiger partial charge in [-0.25, -0.2) is 0 Å². The maximum atomic E-state index is 2.32. The summed E-state index contributed by atoms with van der Waals surface area (Å²) >= 11 is 0. The van der Waals surface area contributed by atoms with Crippen LogP contribution in [0.2, 0.25) is 0 Å². The second-order valence-electron chi connectivity index (χ2n) is 4.30. The van der Waals surface area contributed by atoms with E-state index in [-0.39, 0.29) is 17.0 Å². The lowest BCUT2D eigenvalue weighted by molar-refractivity contribution is -0.932. The van der Waals surface area contributed by atoms with Crippen molar-refractivity contribution in [2.45, 2.75) is 46.0 Å². The van der Waals surface area contributed by atoms with Crippen LogP contribution in [0.5, 0.6) is 0 Å². The predicted molar refractivity (Wildman–Crippen MR) is 54.2 cm³/mol. The molecule has 0 aliphatic carbocycles. The summed E-state index contributed by atoms with van der Waals surface area (Å²) < 4.78 is 1.44. The number of nitrogens with zero attached hydrogens (tertiary/aromatic N) is 1. The molecule has 1 heterocycles. The average molecular weight is 250 g/mol. The first-order valence-corrected chi connectivity index (χ1v) is 5.68. The van der Waals surface area contributed by atoms with Gasteiger partial charge in [-0.15, -0.1) is 0 Å². The molecule has 0 atom stereocenters. The quantitative estimate of drug-likeness (QED) is 0.607. The smallest absolute Gasteiger partial charge is 0.0786 e. The fraction of sp³-hybridized carbons (Fsp3) is 1.00. The highest BCUT2D eigenvalue weighted by molar-refractivity contribution is 4.53. The minimum absolute atomic E-state index is 0. The predicted octanol–water partition coefficient (Wildman–Crippen LogP) is -0.189. The van der Waals surface area contributed by atoms with E-state index in [2.05, 4.69) is 13.8 Å². The molecule has 80 valence electrons. The third-order valence-corrected chi connectivity index (χ3v) is 3.16. The van der Waals surface area contributed by atoms with Crippen molar-refractivity contribution in [3.05, 3.63) is 0 Å². The van der Waals surface area contributed by atoms with Crippen LogP contribution in [-0.4, -0.2) is 30.7 Å². The summed E-state index contributed by atoms with van der Waals surface area (Å²) in [6, 6.07) is 0. The molecule has 0 amide bonds. The molecule has 0 aromatic carbocycles. The Kier molecular flexibility index (Phi) is 7.06. The van der Waals surface area contributed by atoms with Crippen molar-refractivity contribution >= 4 is 0 Å². The molecule has 0 N–H and O–H groups in total. The molecule has 0 aromatic rings. The Balaban J connectivity index is 0.00000144. The highest BCUT2D eigenvalue weighted by atomic mass is 79.9. The first-order chi connectivity index (χ1) is 5.83. The second-order valence-corrected chi connectivity index (χ2v) is 4.30. The molecule has 0 radical (unpaired) electrons. The Morgan fingerprint density at radius 1 is 0.846 bits per heavy atom. The molecule has 0 aromatic heterocycles. The number of hydrogen-bond acceptors (Lipinski definition) is 0. The average Bonchev–Trinajstić information content (AvgIpc) is 2.07. The van der Waals surface area contributed by atoms with E-state index < -0.39 is 0 Å². The zero-order valence-electron chi connectivity index (χ0n) is 9.19. The van der Waals surface area contributed by atoms with Crippen LogP contribution in [0, 0.1) is 0 Å². The Bertz CT molecular complexity index is 104. The summed E-state index contributed by atoms with van der Waals surface area (Å²) in [7, 11) is 0. The normalized spacial score (nSPS) is 20.8. The van der Waals surface area contributed by atoms with E-state index in [1.807, 2.05) is 0 Å². The molecule has 13 heavy (non-hydrogen) atoms. The summed E-state index contributed by atoms with van der Waals surface area (Å²) in [6.45, 7) is 10.4. The summed E-state index contributed by atoms with van der Waals surface area (Å²) in [6.07, 6.45) is 7.15. The van der Waals surface area contributed by atoms with Gasteiger partial charge in [0.15, 0.2) is 0 Å². The SMILES string of the molecule is CCC[N+]1(CCC)CCCCC1.[Br-]. The van der Waals surface area contributed by atoms with Crippen LogP contribution < -0.4 is 17.0 Å². The van der Waals surface area contributed by atoms with Gasteiger partial charge in [0.05, 0.1) is 26.2 Å². The minimum atomic E-state index is 0. The number of hydrogen-bond donors (Lipinski definition) is 0. The monoisotopic (exact) mass is 249 g/mol. The number of rotatable bonds is 4. The number of piperidine rings is 1. The van der Waals surface area contributed by atoms with Crippen LogP contribution in [0.25, 0.3) is 0 Å². The van der Waals surface area contributed by atoms with Crippen molar-refractivity contribution in [3.63, 3.8) is 0 Å². The van der Waals surface area contributed by atoms with Crippen LogP contribution in [0.3, 0.4) is 0 Å². The topological polar surface area (TPSA) is 0 Å². The highest BCUT2D eigenvalue weighted by Crippen LogP contribution is 2.19. The molecule has 0 spiro atoms. The summed E-state index contributed by atoms with van der Waals surface area (Å²) in [5.74, 6) is 0. The van der Waals surface area contributed by atoms with Gasteiger partial charge >= 0.3 is 0 Å². The van der Waals surface area contributed by atoms with Crippen LogP contribution in [0.1, 0.15) is 46.0 Å². The van der Waals surface area contributed by atoms with Crippen LogP contribution >= 0.6 is 0 Å². The van der Waals surface area contributed by atoms with Crippen molar-refractivity contribution in [3.8, 4) is 0 Å². The second kappa shape index (κ2) is 6.83. The molecule has 1 aliphatic rings. The Morgan fingerprint density at radius 3 is 1.69 bits per heavy atom. The van der Waals surface area contributed by atoms with Crippen molar-refractivity contribution < 1.29 is 21.5 Å². The molecule has 0 saturated carbocycles. The molecule has 0 unspecified atom stereocenters. The fourth-order valence-corrected chi connectivity index (χ4v) is 2.69. The summed E-state index contributed by atoms with van der Waals surface area (Å²) in [4.78, 5) is 0. The fourth-order valence-electron chi connectivity index (χ4n) is 2.69. The third-order valence-electron chi connectivity index (χ3n) is 3.16. The van der Waals surface area contributed by atoms with Crippen molar-refractivity contribution in [1.82, 2.24) is 0 Å². The van der Waals surface area contributed by atoms with Gasteiger partial charge in [0.2, 0.25) is 0 Å². The first-order valence-electron chi connectivity index (χ1n) is 5.68. The van der Waals surface area contributed by atoms with E-state index >= 15 is 0 Å². The van der Waals surface area contributed by atoms with Crippen LogP contribution in [-0.2, 0) is 0 Å². The first kappa shape index (κ1) is 13.4. The van der Waals surface area contributed by atoms with Crippen molar-refractivity contribution in [2.75, 3.05) is 26.2 Å². The minimum Gasteiger partial charge on any atom is -1.00 e. The highest BCUT2D eigenvalue weighted by Gasteiger charge is 2.27. The lowest BCUT2D eigenvalue weighted by Crippen LogP contribution is -3.00. The van der Waals surface area contributed by atoms with Crippen LogP contribution in [0.15, 0.2) is 0 Å². The molecule has 1 rings (SSSR count). The van der Waals surface area contributed by atoms with E-state index in [0.29, 0.717) is 0 Å². The van der Waals surface area contributed by atoms with Gasteiger partial charge in [-0.2, -0.15) is 0 Å². The maximum absolute atomic E-state index is 2.32. The third kappa shape index (κ3) is 3.99. The van der Waals surface area contributed by atoms with E-state index in [1.54, 1.807) is 0 Å². The molecule has 1 nitrogen and oxygen atoms in total. The largest absolute Gasteiger partial charge is 1.00 e. The number of halogens is 1. The van der Waals surface area contributed by atoms with Gasteiger partial charge in [0.1, 0.15) is 0 Å². The standard InChI is InChI=1S/C11H24N.BrH/c1-3-8-12(9-4-2)10-6-5-7-11-12;/h3-11H2,1-2H3;1H/q+1;/p-1. The molecule has 0 bridgehead atoms. The zero-order chi connectivity index (χ0) is 8.86. The van der Waals surface area contributed by atoms with E-state index in [9.17, 15) is 0 Å². The molecular weight excluding hydrogens is 226 g/mol. The van der Waals surface area contributed by atoms with Crippen molar-refractivity contribution in [1.29, 1.82) is 0 Å². The Morgan fingerprint density at radius 2 is 1.31 bits per heavy atom. The number of likely N-dealkylation sites (tertiary alicyclic amines) is 1. The van der Waals surface area contributed by atoms with Gasteiger partial charge < -0.3 is 21.5 Å². The Hall–Kier alpha value is 0.440. The van der Waals surface area contributed by atoms with E-state index in [0.717, 1.165) is 0 Å². The lowest BCUT2D eigenvalue weighted by atomic mass is 10.1. The zero-order valence-corrected chi connectivity index (χ0v) is 10.8. The summed E-state index contributed by atoms with van der Waals surface area (Å²) in [5, 5.41) is 0. The Labute approximate surface area is 93.9 Å². The molecule has 1 fully saturated rings. The summed E-state index contributed by atoms with van der Waals surface area (Å²) in [5.41, 5.74) is 0. The molecule has 1 aliphatic heterocycles. The van der Waals surface area contributed by atoms with Crippen molar-refractivity contribution in [2.24, 2.45) is 0 Å². The van der Waals surface area contributed by atoms with Gasteiger partial charge in [-0.1, -0.05) is 13.8 Å². The van der Waals surface area contributed by atoms with Gasteiger partial charge in [0.25, 0.3) is 0 Å². The van der Waals surface area contributed by atoms with Gasteiger partial charge in [-0.05, 0) is 32.1 Å².